The quantitative estimate of drug-likeness (QED) is 0.652. The maximum Gasteiger partial charge on any atom is 0.267 e. The van der Waals surface area contributed by atoms with Gasteiger partial charge in [0.1, 0.15) is 0 Å². The first-order valence-corrected chi connectivity index (χ1v) is 5.07. The van der Waals surface area contributed by atoms with Gasteiger partial charge in [0.25, 0.3) is 10.1 Å². The van der Waals surface area contributed by atoms with Gasteiger partial charge >= 0.3 is 0 Å². The average molecular weight is 183 g/mol. The second kappa shape index (κ2) is 6.57. The van der Waals surface area contributed by atoms with Crippen LogP contribution in [0.2, 0.25) is 0 Å². The lowest BCUT2D eigenvalue weighted by Gasteiger charge is -2.00. The molecule has 0 aliphatic heterocycles. The van der Waals surface area contributed by atoms with Crippen molar-refractivity contribution in [2.45, 2.75) is 26.7 Å². The third kappa shape index (κ3) is 7.77. The molecule has 0 saturated heterocycles. The van der Waals surface area contributed by atoms with Crippen LogP contribution in [0.1, 0.15) is 26.7 Å². The number of hydrogen-bond acceptors (Lipinski definition) is 4. The van der Waals surface area contributed by atoms with Crippen LogP contribution < -0.4 is 6.15 Å². The van der Waals surface area contributed by atoms with Crippen molar-refractivity contribution < 1.29 is 12.6 Å². The van der Waals surface area contributed by atoms with Crippen LogP contribution in [0, 0.1) is 0 Å². The Kier molecular flexibility index (Phi) is 8.04. The first kappa shape index (κ1) is 13.5. The lowest BCUT2D eigenvalue weighted by Crippen LogP contribution is -2.10. The van der Waals surface area contributed by atoms with Crippen molar-refractivity contribution in [3.63, 3.8) is 0 Å². The Bertz CT molecular complexity index is 165. The molecule has 0 aromatic carbocycles. The highest BCUT2D eigenvalue weighted by Crippen LogP contribution is 1.96. The van der Waals surface area contributed by atoms with Crippen LogP contribution in [-0.2, 0) is 14.3 Å². The summed E-state index contributed by atoms with van der Waals surface area (Å²) in [6.07, 6.45) is 1.36. The van der Waals surface area contributed by atoms with Gasteiger partial charge in [-0.2, -0.15) is 8.42 Å². The summed E-state index contributed by atoms with van der Waals surface area (Å²) in [7, 11) is -3.19. The Morgan fingerprint density at radius 3 is 2.09 bits per heavy atom. The van der Waals surface area contributed by atoms with E-state index >= 15 is 0 Å². The van der Waals surface area contributed by atoms with Crippen molar-refractivity contribution in [2.75, 3.05) is 12.4 Å². The van der Waals surface area contributed by atoms with Crippen molar-refractivity contribution in [2.24, 2.45) is 0 Å². The van der Waals surface area contributed by atoms with Crippen molar-refractivity contribution in [1.82, 2.24) is 6.15 Å². The molecule has 0 unspecified atom stereocenters. The van der Waals surface area contributed by atoms with E-state index in [0.717, 1.165) is 6.42 Å². The van der Waals surface area contributed by atoms with E-state index in [0.29, 0.717) is 13.0 Å². The molecule has 4 nitrogen and oxygen atoms in total. The van der Waals surface area contributed by atoms with Crippen LogP contribution in [0.3, 0.4) is 0 Å². The van der Waals surface area contributed by atoms with Crippen LogP contribution in [0.15, 0.2) is 0 Å². The zero-order valence-electron chi connectivity index (χ0n) is 7.17. The fraction of sp³-hybridized carbons (Fsp3) is 1.00. The topological polar surface area (TPSA) is 78.4 Å². The first-order valence-electron chi connectivity index (χ1n) is 3.49. The SMILES string of the molecule is CCCOS(=O)(=O)CCC.N. The molecule has 0 bridgehead atoms. The summed E-state index contributed by atoms with van der Waals surface area (Å²) in [6.45, 7) is 4.00. The normalized spacial score (nSPS) is 10.7. The van der Waals surface area contributed by atoms with Gasteiger partial charge in [0.05, 0.1) is 12.4 Å². The molecule has 0 aliphatic rings. The van der Waals surface area contributed by atoms with Crippen molar-refractivity contribution in [3.05, 3.63) is 0 Å². The Balaban J connectivity index is 0. The predicted molar refractivity (Wildman–Crippen MR) is 45.3 cm³/mol. The summed E-state index contributed by atoms with van der Waals surface area (Å²) in [5, 5.41) is 0. The molecule has 11 heavy (non-hydrogen) atoms. The summed E-state index contributed by atoms with van der Waals surface area (Å²) in [4.78, 5) is 0. The van der Waals surface area contributed by atoms with E-state index in [1.807, 2.05) is 13.8 Å². The third-order valence-electron chi connectivity index (χ3n) is 0.921. The summed E-state index contributed by atoms with van der Waals surface area (Å²) >= 11 is 0. The van der Waals surface area contributed by atoms with E-state index in [4.69, 9.17) is 0 Å². The van der Waals surface area contributed by atoms with Gasteiger partial charge in [0.15, 0.2) is 0 Å². The number of hydrogen-bond donors (Lipinski definition) is 1. The largest absolute Gasteiger partial charge is 0.344 e. The molecule has 0 spiro atoms. The van der Waals surface area contributed by atoms with E-state index in [1.54, 1.807) is 0 Å². The zero-order valence-corrected chi connectivity index (χ0v) is 7.99. The van der Waals surface area contributed by atoms with Gasteiger partial charge < -0.3 is 6.15 Å². The molecule has 0 fully saturated rings. The van der Waals surface area contributed by atoms with Gasteiger partial charge in [-0.05, 0) is 12.8 Å². The first-order chi connectivity index (χ1) is 4.62. The Morgan fingerprint density at radius 1 is 1.18 bits per heavy atom. The minimum absolute atomic E-state index is 0. The third-order valence-corrected chi connectivity index (χ3v) is 2.36. The van der Waals surface area contributed by atoms with Crippen LogP contribution in [0.5, 0.6) is 0 Å². The maximum atomic E-state index is 10.8. The number of rotatable bonds is 5. The summed E-state index contributed by atoms with van der Waals surface area (Å²) < 4.78 is 26.1. The fourth-order valence-corrected chi connectivity index (χ4v) is 1.56. The van der Waals surface area contributed by atoms with E-state index in [-0.39, 0.29) is 11.9 Å². The second-order valence-electron chi connectivity index (χ2n) is 2.08. The molecular weight excluding hydrogens is 166 g/mol. The smallest absolute Gasteiger partial charge is 0.267 e. The lowest BCUT2D eigenvalue weighted by molar-refractivity contribution is 0.318. The molecule has 0 radical (unpaired) electrons. The molecule has 0 aliphatic carbocycles. The molecule has 0 rings (SSSR count). The summed E-state index contributed by atoms with van der Waals surface area (Å²) in [5.74, 6) is 0.132. The van der Waals surface area contributed by atoms with E-state index < -0.39 is 10.1 Å². The minimum atomic E-state index is -3.19. The van der Waals surface area contributed by atoms with Crippen molar-refractivity contribution >= 4 is 10.1 Å². The van der Waals surface area contributed by atoms with Crippen molar-refractivity contribution in [1.29, 1.82) is 0 Å². The van der Waals surface area contributed by atoms with Gasteiger partial charge in [0, 0.05) is 0 Å². The Labute approximate surface area is 68.6 Å². The molecule has 0 amide bonds. The van der Waals surface area contributed by atoms with Gasteiger partial charge in [-0.1, -0.05) is 13.8 Å². The standard InChI is InChI=1S/C6H14O3S.H3N/c1-3-5-9-10(7,8)6-4-2;/h3-6H2,1-2H3;1H3. The van der Waals surface area contributed by atoms with Crippen LogP contribution in [-0.4, -0.2) is 20.8 Å². The summed E-state index contributed by atoms with van der Waals surface area (Å²) in [5.41, 5.74) is 0. The van der Waals surface area contributed by atoms with Gasteiger partial charge in [-0.25, -0.2) is 0 Å². The van der Waals surface area contributed by atoms with E-state index in [1.165, 1.54) is 0 Å². The Morgan fingerprint density at radius 2 is 1.73 bits per heavy atom. The molecule has 0 aromatic heterocycles. The summed E-state index contributed by atoms with van der Waals surface area (Å²) in [6, 6.07) is 0. The highest BCUT2D eigenvalue weighted by molar-refractivity contribution is 7.86. The van der Waals surface area contributed by atoms with Crippen LogP contribution in [0.25, 0.3) is 0 Å². The molecule has 5 heteroatoms. The molecule has 0 saturated carbocycles. The average Bonchev–Trinajstić information content (AvgIpc) is 1.84. The molecule has 0 aromatic rings. The van der Waals surface area contributed by atoms with Gasteiger partial charge in [-0.15, -0.1) is 0 Å². The van der Waals surface area contributed by atoms with Crippen LogP contribution in [0.4, 0.5) is 0 Å². The molecule has 3 N–H and O–H groups in total. The monoisotopic (exact) mass is 183 g/mol. The predicted octanol–water partition coefficient (Wildman–Crippen LogP) is 1.31. The molecule has 0 heterocycles. The second-order valence-corrected chi connectivity index (χ2v) is 3.84. The highest BCUT2D eigenvalue weighted by atomic mass is 32.2. The maximum absolute atomic E-state index is 10.8. The van der Waals surface area contributed by atoms with Gasteiger partial charge in [-0.3, -0.25) is 4.18 Å². The fourth-order valence-electron chi connectivity index (χ4n) is 0.519. The molecule has 70 valence electrons. The lowest BCUT2D eigenvalue weighted by atomic mass is 10.5. The van der Waals surface area contributed by atoms with Crippen molar-refractivity contribution in [3.8, 4) is 0 Å². The zero-order chi connectivity index (χ0) is 8.04. The van der Waals surface area contributed by atoms with Gasteiger partial charge in [0.2, 0.25) is 0 Å². The molecule has 0 atom stereocenters. The van der Waals surface area contributed by atoms with E-state index in [2.05, 4.69) is 4.18 Å². The molecular formula is C6H17NO3S. The van der Waals surface area contributed by atoms with Crippen LogP contribution >= 0.6 is 0 Å². The minimum Gasteiger partial charge on any atom is -0.344 e. The highest BCUT2D eigenvalue weighted by Gasteiger charge is 2.07. The van der Waals surface area contributed by atoms with E-state index in [9.17, 15) is 8.42 Å². The Hall–Kier alpha value is -0.130.